The van der Waals surface area contributed by atoms with E-state index in [1.807, 2.05) is 6.07 Å². The molecule has 1 atom stereocenters. The number of carbonyl (C=O) groups is 2. The maximum absolute atomic E-state index is 11.8. The molecule has 18 heavy (non-hydrogen) atoms. The molecule has 0 aliphatic carbocycles. The number of ether oxygens (including phenoxy) is 1. The van der Waals surface area contributed by atoms with E-state index < -0.39 is 17.9 Å². The number of hydrogen-bond donors (Lipinski definition) is 1. The Morgan fingerprint density at radius 1 is 1.56 bits per heavy atom. The van der Waals surface area contributed by atoms with Gasteiger partial charge < -0.3 is 15.4 Å². The average molecular weight is 291 g/mol. The van der Waals surface area contributed by atoms with Gasteiger partial charge >= 0.3 is 5.97 Å². The molecular weight excluding hydrogens is 276 g/mol. The van der Waals surface area contributed by atoms with Gasteiger partial charge in [0, 0.05) is 11.9 Å². The van der Waals surface area contributed by atoms with Gasteiger partial charge in [-0.2, -0.15) is 0 Å². The Morgan fingerprint density at radius 2 is 2.22 bits per heavy atom. The maximum Gasteiger partial charge on any atom is 0.332 e. The summed E-state index contributed by atoms with van der Waals surface area (Å²) in [5, 5.41) is 0. The summed E-state index contributed by atoms with van der Waals surface area (Å²) in [6.45, 7) is 2.22. The second-order valence-electron chi connectivity index (χ2n) is 3.63. The van der Waals surface area contributed by atoms with E-state index in [0.717, 1.165) is 4.88 Å². The van der Waals surface area contributed by atoms with Crippen molar-refractivity contribution in [2.75, 3.05) is 13.7 Å². The first kappa shape index (κ1) is 14.9. The Labute approximate surface area is 114 Å². The number of halogens is 1. The van der Waals surface area contributed by atoms with Crippen molar-refractivity contribution in [2.24, 2.45) is 5.73 Å². The molecule has 0 saturated heterocycles. The van der Waals surface area contributed by atoms with Crippen LogP contribution in [0.1, 0.15) is 11.8 Å². The molecular formula is C11H15ClN2O3S. The Balaban J connectivity index is 2.58. The molecule has 1 aromatic rings. The molecule has 0 aliphatic rings. The minimum Gasteiger partial charge on any atom is -0.464 e. The highest BCUT2D eigenvalue weighted by atomic mass is 35.5. The highest BCUT2D eigenvalue weighted by Gasteiger charge is 2.26. The first-order valence-electron chi connectivity index (χ1n) is 5.37. The molecule has 2 N–H and O–H groups in total. The fourth-order valence-corrected chi connectivity index (χ4v) is 2.46. The summed E-state index contributed by atoms with van der Waals surface area (Å²) in [4.78, 5) is 25.5. The lowest BCUT2D eigenvalue weighted by Gasteiger charge is -2.19. The number of nitrogens with two attached hydrogens (primary N) is 1. The van der Waals surface area contributed by atoms with E-state index in [-0.39, 0.29) is 6.61 Å². The summed E-state index contributed by atoms with van der Waals surface area (Å²) in [7, 11) is 1.58. The summed E-state index contributed by atoms with van der Waals surface area (Å²) in [6, 6.07) is 2.31. The van der Waals surface area contributed by atoms with Crippen molar-refractivity contribution < 1.29 is 14.3 Å². The van der Waals surface area contributed by atoms with E-state index in [9.17, 15) is 9.59 Å². The van der Waals surface area contributed by atoms with Crippen LogP contribution in [0.2, 0.25) is 4.34 Å². The van der Waals surface area contributed by atoms with Gasteiger partial charge in [-0.05, 0) is 19.1 Å². The fourth-order valence-electron chi connectivity index (χ4n) is 1.32. The summed E-state index contributed by atoms with van der Waals surface area (Å²) in [5.74, 6) is -1.18. The van der Waals surface area contributed by atoms with Gasteiger partial charge in [0.25, 0.3) is 5.91 Å². The predicted molar refractivity (Wildman–Crippen MR) is 70.4 cm³/mol. The molecule has 0 fully saturated rings. The van der Waals surface area contributed by atoms with Crippen molar-refractivity contribution in [2.45, 2.75) is 19.5 Å². The topological polar surface area (TPSA) is 72.6 Å². The highest BCUT2D eigenvalue weighted by Crippen LogP contribution is 2.22. The number of rotatable bonds is 5. The van der Waals surface area contributed by atoms with Crippen LogP contribution >= 0.6 is 22.9 Å². The summed E-state index contributed by atoms with van der Waals surface area (Å²) >= 11 is 7.17. The quantitative estimate of drug-likeness (QED) is 0.654. The Kier molecular flexibility index (Phi) is 5.58. The zero-order valence-electron chi connectivity index (χ0n) is 10.2. The molecule has 1 aromatic heterocycles. The zero-order chi connectivity index (χ0) is 13.7. The molecule has 0 bridgehead atoms. The van der Waals surface area contributed by atoms with Gasteiger partial charge in [0.2, 0.25) is 0 Å². The molecule has 1 amide bonds. The van der Waals surface area contributed by atoms with E-state index in [2.05, 4.69) is 0 Å². The SMILES string of the molecule is CCOC(=O)C(N)C(=O)N(C)Cc1ccc(Cl)s1. The van der Waals surface area contributed by atoms with E-state index in [0.29, 0.717) is 10.9 Å². The molecule has 0 radical (unpaired) electrons. The predicted octanol–water partition coefficient (Wildman–Crippen LogP) is 1.25. The van der Waals surface area contributed by atoms with Crippen LogP contribution in [0.3, 0.4) is 0 Å². The van der Waals surface area contributed by atoms with Crippen molar-refractivity contribution in [3.8, 4) is 0 Å². The van der Waals surface area contributed by atoms with Crippen LogP contribution in [-0.4, -0.2) is 36.5 Å². The first-order valence-corrected chi connectivity index (χ1v) is 6.56. The van der Waals surface area contributed by atoms with Gasteiger partial charge in [0.1, 0.15) is 0 Å². The van der Waals surface area contributed by atoms with Gasteiger partial charge in [-0.1, -0.05) is 11.6 Å². The Bertz CT molecular complexity index is 436. The number of hydrogen-bond acceptors (Lipinski definition) is 5. The monoisotopic (exact) mass is 290 g/mol. The van der Waals surface area contributed by atoms with Crippen LogP contribution in [0, 0.1) is 0 Å². The van der Waals surface area contributed by atoms with Gasteiger partial charge in [-0.15, -0.1) is 11.3 Å². The molecule has 1 heterocycles. The maximum atomic E-state index is 11.8. The number of amides is 1. The number of esters is 1. The van der Waals surface area contributed by atoms with Crippen molar-refractivity contribution in [1.29, 1.82) is 0 Å². The molecule has 0 saturated carbocycles. The van der Waals surface area contributed by atoms with Crippen molar-refractivity contribution in [3.63, 3.8) is 0 Å². The standard InChI is InChI=1S/C11H15ClN2O3S/c1-3-17-11(16)9(13)10(15)14(2)6-7-4-5-8(12)18-7/h4-5,9H,3,6,13H2,1-2H3. The lowest BCUT2D eigenvalue weighted by Crippen LogP contribution is -2.47. The summed E-state index contributed by atoms with van der Waals surface area (Å²) in [5.41, 5.74) is 5.52. The molecule has 0 aromatic carbocycles. The second kappa shape index (κ2) is 6.72. The minimum atomic E-state index is -1.27. The van der Waals surface area contributed by atoms with E-state index in [1.165, 1.54) is 16.2 Å². The third-order valence-electron chi connectivity index (χ3n) is 2.20. The molecule has 100 valence electrons. The van der Waals surface area contributed by atoms with Crippen molar-refractivity contribution in [1.82, 2.24) is 4.90 Å². The third-order valence-corrected chi connectivity index (χ3v) is 3.42. The van der Waals surface area contributed by atoms with Crippen LogP contribution < -0.4 is 5.73 Å². The van der Waals surface area contributed by atoms with Gasteiger partial charge in [-0.3, -0.25) is 4.79 Å². The lowest BCUT2D eigenvalue weighted by atomic mass is 10.2. The van der Waals surface area contributed by atoms with Crippen LogP contribution in [0.25, 0.3) is 0 Å². The van der Waals surface area contributed by atoms with Crippen molar-refractivity contribution >= 4 is 34.8 Å². The zero-order valence-corrected chi connectivity index (χ0v) is 11.8. The molecule has 7 heteroatoms. The average Bonchev–Trinajstić information content (AvgIpc) is 2.73. The fraction of sp³-hybridized carbons (Fsp3) is 0.455. The number of nitrogens with zero attached hydrogens (tertiary/aromatic N) is 1. The van der Waals surface area contributed by atoms with Crippen LogP contribution in [0.5, 0.6) is 0 Å². The van der Waals surface area contributed by atoms with E-state index >= 15 is 0 Å². The normalized spacial score (nSPS) is 12.0. The number of likely N-dealkylation sites (N-methyl/N-ethyl adjacent to an activating group) is 1. The van der Waals surface area contributed by atoms with Gasteiger partial charge in [0.15, 0.2) is 6.04 Å². The molecule has 5 nitrogen and oxygen atoms in total. The number of carbonyl (C=O) groups excluding carboxylic acids is 2. The Morgan fingerprint density at radius 3 is 2.72 bits per heavy atom. The van der Waals surface area contributed by atoms with Crippen molar-refractivity contribution in [3.05, 3.63) is 21.3 Å². The molecule has 0 aliphatic heterocycles. The molecule has 0 spiro atoms. The minimum absolute atomic E-state index is 0.198. The van der Waals surface area contributed by atoms with Gasteiger partial charge in [-0.25, -0.2) is 4.79 Å². The van der Waals surface area contributed by atoms with E-state index in [1.54, 1.807) is 20.0 Å². The first-order chi connectivity index (χ1) is 8.45. The Hall–Kier alpha value is -1.11. The molecule has 1 rings (SSSR count). The van der Waals surface area contributed by atoms with Crippen LogP contribution in [0.4, 0.5) is 0 Å². The van der Waals surface area contributed by atoms with Crippen LogP contribution in [0.15, 0.2) is 12.1 Å². The highest BCUT2D eigenvalue weighted by molar-refractivity contribution is 7.16. The van der Waals surface area contributed by atoms with E-state index in [4.69, 9.17) is 22.1 Å². The largest absolute Gasteiger partial charge is 0.464 e. The smallest absolute Gasteiger partial charge is 0.332 e. The van der Waals surface area contributed by atoms with Gasteiger partial charge in [0.05, 0.1) is 17.5 Å². The third kappa shape index (κ3) is 3.97. The summed E-state index contributed by atoms with van der Waals surface area (Å²) < 4.78 is 5.35. The number of thiophene rings is 1. The summed E-state index contributed by atoms with van der Waals surface area (Å²) in [6.07, 6.45) is 0. The molecule has 1 unspecified atom stereocenters. The van der Waals surface area contributed by atoms with Crippen LogP contribution in [-0.2, 0) is 20.9 Å². The lowest BCUT2D eigenvalue weighted by molar-refractivity contribution is -0.150. The second-order valence-corrected chi connectivity index (χ2v) is 5.43.